The molecule has 6 nitrogen and oxygen atoms in total. The minimum atomic E-state index is -1.62. The van der Waals surface area contributed by atoms with E-state index >= 15 is 0 Å². The highest BCUT2D eigenvalue weighted by molar-refractivity contribution is 5.89. The van der Waals surface area contributed by atoms with Crippen molar-refractivity contribution in [2.75, 3.05) is 19.7 Å². The quantitative estimate of drug-likeness (QED) is 0.530. The fourth-order valence-corrected chi connectivity index (χ4v) is 4.11. The van der Waals surface area contributed by atoms with Crippen molar-refractivity contribution in [3.8, 4) is 0 Å². The van der Waals surface area contributed by atoms with Crippen LogP contribution in [0.25, 0.3) is 0 Å². The summed E-state index contributed by atoms with van der Waals surface area (Å²) in [5, 5.41) is 10.6. The summed E-state index contributed by atoms with van der Waals surface area (Å²) in [6, 6.07) is 0.113. The predicted molar refractivity (Wildman–Crippen MR) is 87.1 cm³/mol. The summed E-state index contributed by atoms with van der Waals surface area (Å²) in [6.45, 7) is 7.11. The van der Waals surface area contributed by atoms with Crippen LogP contribution >= 0.6 is 0 Å². The van der Waals surface area contributed by atoms with E-state index in [0.29, 0.717) is 5.57 Å². The summed E-state index contributed by atoms with van der Waals surface area (Å²) in [5.41, 5.74) is -1.12. The van der Waals surface area contributed by atoms with Crippen LogP contribution in [0.1, 0.15) is 40.0 Å². The zero-order valence-electron chi connectivity index (χ0n) is 14.7. The Morgan fingerprint density at radius 1 is 1.29 bits per heavy atom. The van der Waals surface area contributed by atoms with Crippen molar-refractivity contribution >= 4 is 11.9 Å². The molecule has 0 unspecified atom stereocenters. The van der Waals surface area contributed by atoms with E-state index in [4.69, 9.17) is 9.47 Å². The number of hydrogen-bond acceptors (Lipinski definition) is 6. The first-order valence-electron chi connectivity index (χ1n) is 8.84. The maximum atomic E-state index is 12.6. The Balaban J connectivity index is 1.89. The van der Waals surface area contributed by atoms with E-state index in [1.165, 1.54) is 6.92 Å². The standard InChI is InChI=1S/C18H27NO5/c1-4-12-9-11(2)18(3,22)17(21)23-10-13-5-7-19-8-6-14(15(13)19)24-16(12)20/h4,11,13-15,22H,5-10H2,1-3H3/t11-,13-,14+,15-,18-/m0/s1. The van der Waals surface area contributed by atoms with E-state index in [0.717, 1.165) is 25.9 Å². The molecule has 3 aliphatic rings. The maximum absolute atomic E-state index is 12.6. The van der Waals surface area contributed by atoms with Gasteiger partial charge in [0.05, 0.1) is 12.6 Å². The molecule has 6 heteroatoms. The van der Waals surface area contributed by atoms with E-state index in [-0.39, 0.29) is 37.1 Å². The lowest BCUT2D eigenvalue weighted by molar-refractivity contribution is -0.172. The normalized spacial score (nSPS) is 42.9. The molecule has 0 radical (unpaired) electrons. The topological polar surface area (TPSA) is 76.1 Å². The van der Waals surface area contributed by atoms with Gasteiger partial charge in [0, 0.05) is 18.0 Å². The van der Waals surface area contributed by atoms with Crippen LogP contribution < -0.4 is 0 Å². The van der Waals surface area contributed by atoms with Crippen LogP contribution in [-0.4, -0.2) is 59.4 Å². The van der Waals surface area contributed by atoms with Gasteiger partial charge in [-0.25, -0.2) is 9.59 Å². The molecule has 0 aliphatic carbocycles. The first kappa shape index (κ1) is 17.4. The van der Waals surface area contributed by atoms with Crippen LogP contribution in [0.4, 0.5) is 0 Å². The lowest BCUT2D eigenvalue weighted by atomic mass is 9.85. The summed E-state index contributed by atoms with van der Waals surface area (Å²) in [4.78, 5) is 27.3. The molecular formula is C18H27NO5. The van der Waals surface area contributed by atoms with Crippen LogP contribution in [0.3, 0.4) is 0 Å². The Labute approximate surface area is 142 Å². The highest BCUT2D eigenvalue weighted by atomic mass is 16.6. The highest BCUT2D eigenvalue weighted by Crippen LogP contribution is 2.36. The average molecular weight is 337 g/mol. The van der Waals surface area contributed by atoms with E-state index in [9.17, 15) is 14.7 Å². The molecule has 0 aromatic heterocycles. The van der Waals surface area contributed by atoms with E-state index in [2.05, 4.69) is 4.90 Å². The molecule has 0 bridgehead atoms. The third-order valence-electron chi connectivity index (χ3n) is 5.97. The summed E-state index contributed by atoms with van der Waals surface area (Å²) in [6.07, 6.45) is 3.59. The first-order valence-corrected chi connectivity index (χ1v) is 8.84. The number of esters is 2. The van der Waals surface area contributed by atoms with E-state index in [1.54, 1.807) is 19.9 Å². The Kier molecular flexibility index (Phi) is 4.71. The third kappa shape index (κ3) is 2.97. The van der Waals surface area contributed by atoms with Crippen LogP contribution in [0, 0.1) is 11.8 Å². The van der Waals surface area contributed by atoms with Crippen molar-refractivity contribution in [3.63, 3.8) is 0 Å². The van der Waals surface area contributed by atoms with Gasteiger partial charge >= 0.3 is 11.9 Å². The summed E-state index contributed by atoms with van der Waals surface area (Å²) < 4.78 is 11.3. The Morgan fingerprint density at radius 3 is 2.71 bits per heavy atom. The Morgan fingerprint density at radius 2 is 2.00 bits per heavy atom. The fraction of sp³-hybridized carbons (Fsp3) is 0.778. The maximum Gasteiger partial charge on any atom is 0.338 e. The van der Waals surface area contributed by atoms with Gasteiger partial charge in [-0.1, -0.05) is 13.0 Å². The van der Waals surface area contributed by atoms with Crippen LogP contribution in [-0.2, 0) is 19.1 Å². The van der Waals surface area contributed by atoms with Gasteiger partial charge in [0.15, 0.2) is 5.60 Å². The molecule has 0 aromatic rings. The van der Waals surface area contributed by atoms with Crippen LogP contribution in [0.5, 0.6) is 0 Å². The van der Waals surface area contributed by atoms with E-state index < -0.39 is 17.5 Å². The molecule has 5 atom stereocenters. The number of rotatable bonds is 0. The smallest absolute Gasteiger partial charge is 0.338 e. The number of allylic oxidation sites excluding steroid dienone is 1. The minimum Gasteiger partial charge on any atom is -0.463 e. The summed E-state index contributed by atoms with van der Waals surface area (Å²) in [5.74, 6) is -1.23. The number of aliphatic hydroxyl groups is 1. The molecule has 1 N–H and O–H groups in total. The molecule has 0 spiro atoms. The Bertz CT molecular complexity index is 556. The third-order valence-corrected chi connectivity index (χ3v) is 5.97. The largest absolute Gasteiger partial charge is 0.463 e. The highest BCUT2D eigenvalue weighted by Gasteiger charge is 2.48. The lowest BCUT2D eigenvalue weighted by Gasteiger charge is -2.32. The minimum absolute atomic E-state index is 0.113. The van der Waals surface area contributed by atoms with Gasteiger partial charge in [0.2, 0.25) is 0 Å². The van der Waals surface area contributed by atoms with Crippen molar-refractivity contribution in [1.29, 1.82) is 0 Å². The number of carbonyl (C=O) groups is 2. The van der Waals surface area contributed by atoms with Crippen molar-refractivity contribution in [2.45, 2.75) is 57.8 Å². The number of ether oxygens (including phenoxy) is 2. The molecule has 3 saturated heterocycles. The van der Waals surface area contributed by atoms with Gasteiger partial charge in [-0.15, -0.1) is 0 Å². The second kappa shape index (κ2) is 6.48. The Hall–Kier alpha value is -1.40. The van der Waals surface area contributed by atoms with Gasteiger partial charge in [0.1, 0.15) is 6.10 Å². The van der Waals surface area contributed by atoms with Gasteiger partial charge in [-0.05, 0) is 45.6 Å². The second-order valence-electron chi connectivity index (χ2n) is 7.47. The van der Waals surface area contributed by atoms with Gasteiger partial charge in [-0.2, -0.15) is 0 Å². The summed E-state index contributed by atoms with van der Waals surface area (Å²) >= 11 is 0. The molecule has 0 aromatic carbocycles. The zero-order chi connectivity index (χ0) is 17.5. The summed E-state index contributed by atoms with van der Waals surface area (Å²) in [7, 11) is 0. The van der Waals surface area contributed by atoms with Crippen molar-refractivity contribution in [1.82, 2.24) is 4.90 Å². The predicted octanol–water partition coefficient (Wildman–Crippen LogP) is 1.27. The number of nitrogens with zero attached hydrogens (tertiary/aromatic N) is 1. The molecule has 0 amide bonds. The molecule has 24 heavy (non-hydrogen) atoms. The van der Waals surface area contributed by atoms with Gasteiger partial charge in [0.25, 0.3) is 0 Å². The van der Waals surface area contributed by atoms with Gasteiger partial charge in [-0.3, -0.25) is 4.90 Å². The van der Waals surface area contributed by atoms with E-state index in [1.807, 2.05) is 0 Å². The number of carbonyl (C=O) groups excluding carboxylic acids is 2. The first-order chi connectivity index (χ1) is 11.3. The second-order valence-corrected chi connectivity index (χ2v) is 7.47. The SMILES string of the molecule is CC=C1C[C@H](C)[C@](C)(O)C(=O)OC[C@@H]2CCN3CC[C@@H](OC1=O)[C@H]23. The lowest BCUT2D eigenvalue weighted by Crippen LogP contribution is -2.46. The molecule has 3 heterocycles. The van der Waals surface area contributed by atoms with Gasteiger partial charge < -0.3 is 14.6 Å². The number of hydrogen-bond donors (Lipinski definition) is 1. The average Bonchev–Trinajstić information content (AvgIpc) is 3.12. The van der Waals surface area contributed by atoms with Crippen molar-refractivity contribution in [3.05, 3.63) is 11.6 Å². The monoisotopic (exact) mass is 337 g/mol. The molecule has 3 aliphatic heterocycles. The molecule has 134 valence electrons. The van der Waals surface area contributed by atoms with Crippen LogP contribution in [0.2, 0.25) is 0 Å². The fourth-order valence-electron chi connectivity index (χ4n) is 4.11. The zero-order valence-corrected chi connectivity index (χ0v) is 14.7. The van der Waals surface area contributed by atoms with Crippen LogP contribution in [0.15, 0.2) is 11.6 Å². The van der Waals surface area contributed by atoms with Crippen molar-refractivity contribution in [2.24, 2.45) is 11.8 Å². The molecule has 3 rings (SSSR count). The molecule has 3 fully saturated rings. The number of cyclic esters (lactones) is 1. The molecular weight excluding hydrogens is 310 g/mol. The van der Waals surface area contributed by atoms with Crippen molar-refractivity contribution < 1.29 is 24.2 Å². The molecule has 0 saturated carbocycles.